The molecule has 0 bridgehead atoms. The first-order valence-corrected chi connectivity index (χ1v) is 11.5. The monoisotopic (exact) mass is 286 g/mol. The Balaban J connectivity index is 2.69. The van der Waals surface area contributed by atoms with Gasteiger partial charge in [0.05, 0.1) is 0 Å². The van der Waals surface area contributed by atoms with Crippen molar-refractivity contribution in [3.8, 4) is 0 Å². The van der Waals surface area contributed by atoms with Crippen LogP contribution in [0.5, 0.6) is 0 Å². The Morgan fingerprint density at radius 1 is 1.22 bits per heavy atom. The molecule has 18 heavy (non-hydrogen) atoms. The van der Waals surface area contributed by atoms with E-state index in [-0.39, 0.29) is 11.2 Å². The highest BCUT2D eigenvalue weighted by atomic mass is 28.4. The van der Waals surface area contributed by atoms with Gasteiger partial charge in [0, 0.05) is 5.57 Å². The molecule has 0 aromatic heterocycles. The molecule has 0 N–H and O–H groups in total. The minimum atomic E-state index is -1.52. The molecule has 0 amide bonds. The Morgan fingerprint density at radius 2 is 1.78 bits per heavy atom. The molecular weight excluding hydrogens is 260 g/mol. The smallest absolute Gasteiger partial charge is 0.333 e. The number of carbonyl (C=O) groups is 1. The fourth-order valence-corrected chi connectivity index (χ4v) is 5.87. The molecule has 0 aromatic rings. The Labute approximate surface area is 114 Å². The quantitative estimate of drug-likeness (QED) is 0.443. The lowest BCUT2D eigenvalue weighted by Gasteiger charge is -2.38. The summed E-state index contributed by atoms with van der Waals surface area (Å²) in [6.07, 6.45) is 5.48. The second-order valence-corrected chi connectivity index (χ2v) is 13.3. The summed E-state index contributed by atoms with van der Waals surface area (Å²) >= 11 is 0. The van der Waals surface area contributed by atoms with Crippen LogP contribution >= 0.6 is 0 Å². The predicted molar refractivity (Wildman–Crippen MR) is 79.7 cm³/mol. The minimum absolute atomic E-state index is 0.247. The molecule has 0 aliphatic heterocycles. The van der Waals surface area contributed by atoms with Crippen LogP contribution in [0.15, 0.2) is 12.2 Å². The Kier molecular flexibility index (Phi) is 5.37. The van der Waals surface area contributed by atoms with Crippen molar-refractivity contribution in [1.29, 1.82) is 0 Å². The van der Waals surface area contributed by atoms with Crippen LogP contribution in [-0.4, -0.2) is 29.3 Å². The number of ether oxygens (including phenoxy) is 1. The predicted octanol–water partition coefficient (Wildman–Crippen LogP) is 2.70. The van der Waals surface area contributed by atoms with E-state index >= 15 is 0 Å². The largest absolute Gasteiger partial charge is 0.457 e. The fraction of sp³-hybridized carbons (Fsp3) is 0.769. The number of rotatable bonds is 5. The maximum absolute atomic E-state index is 11.8. The Bertz CT molecular complexity index is 315. The minimum Gasteiger partial charge on any atom is -0.457 e. The summed E-state index contributed by atoms with van der Waals surface area (Å²) in [5, 5.41) is -0.269. The van der Waals surface area contributed by atoms with Crippen molar-refractivity contribution in [1.82, 2.24) is 0 Å². The zero-order valence-corrected chi connectivity index (χ0v) is 14.6. The summed E-state index contributed by atoms with van der Waals surface area (Å²) in [7, 11) is -2.36. The molecule has 5 heteroatoms. The summed E-state index contributed by atoms with van der Waals surface area (Å²) in [4.78, 5) is 11.8. The lowest BCUT2D eigenvalue weighted by molar-refractivity contribution is -0.150. The highest BCUT2D eigenvalue weighted by Gasteiger charge is 2.38. The van der Waals surface area contributed by atoms with Gasteiger partial charge in [-0.15, -0.1) is 0 Å². The van der Waals surface area contributed by atoms with Gasteiger partial charge >= 0.3 is 5.97 Å². The lowest BCUT2D eigenvalue weighted by atomic mass is 9.97. The van der Waals surface area contributed by atoms with E-state index in [1.807, 2.05) is 0 Å². The first kappa shape index (κ1) is 15.7. The molecule has 0 spiro atoms. The van der Waals surface area contributed by atoms with Crippen molar-refractivity contribution < 1.29 is 13.6 Å². The van der Waals surface area contributed by atoms with Gasteiger partial charge in [-0.3, -0.25) is 0 Å². The Hall–Kier alpha value is -0.396. The summed E-state index contributed by atoms with van der Waals surface area (Å²) in [6.45, 7) is 12.0. The summed E-state index contributed by atoms with van der Waals surface area (Å²) in [5.41, 5.74) is 0.488. The fourth-order valence-electron chi connectivity index (χ4n) is 2.10. The van der Waals surface area contributed by atoms with E-state index in [2.05, 4.69) is 26.2 Å². The average molecular weight is 287 g/mol. The zero-order valence-electron chi connectivity index (χ0n) is 12.2. The second-order valence-electron chi connectivity index (χ2n) is 6.31. The van der Waals surface area contributed by atoms with E-state index in [4.69, 9.17) is 8.85 Å². The highest BCUT2D eigenvalue weighted by molar-refractivity contribution is 6.74. The van der Waals surface area contributed by atoms with Crippen LogP contribution in [0.1, 0.15) is 39.0 Å². The summed E-state index contributed by atoms with van der Waals surface area (Å²) in [5.74, 6) is -0.247. The zero-order chi connectivity index (χ0) is 13.8. The van der Waals surface area contributed by atoms with E-state index in [0.717, 1.165) is 25.7 Å². The van der Waals surface area contributed by atoms with Crippen LogP contribution in [0, 0.1) is 0 Å². The van der Waals surface area contributed by atoms with Crippen LogP contribution in [0.25, 0.3) is 0 Å². The van der Waals surface area contributed by atoms with E-state index in [1.54, 1.807) is 6.92 Å². The molecule has 1 rings (SSSR count). The van der Waals surface area contributed by atoms with Crippen LogP contribution in [0.3, 0.4) is 0 Å². The molecule has 0 saturated heterocycles. The third-order valence-corrected chi connectivity index (χ3v) is 8.61. The molecule has 0 atom stereocenters. The maximum Gasteiger partial charge on any atom is 0.333 e. The third kappa shape index (κ3) is 5.08. The van der Waals surface area contributed by atoms with Crippen LogP contribution in [-0.2, 0) is 13.6 Å². The number of hydrogen-bond donors (Lipinski definition) is 0. The number of esters is 1. The van der Waals surface area contributed by atoms with Crippen LogP contribution in [0.2, 0.25) is 19.6 Å². The average Bonchev–Trinajstić information content (AvgIpc) is 2.27. The second kappa shape index (κ2) is 6.17. The number of carbonyl (C=O) groups excluding carboxylic acids is 1. The molecule has 0 radical (unpaired) electrons. The molecule has 1 fully saturated rings. The SMILES string of the molecule is C=C(C)C(=O)OC1([SiH2]O[Si](C)(C)C)CCCCC1. The van der Waals surface area contributed by atoms with Gasteiger partial charge in [-0.2, -0.15) is 0 Å². The normalized spacial score (nSPS) is 20.0. The van der Waals surface area contributed by atoms with Gasteiger partial charge in [-0.05, 0) is 52.2 Å². The van der Waals surface area contributed by atoms with Gasteiger partial charge in [0.15, 0.2) is 18.1 Å². The van der Waals surface area contributed by atoms with Gasteiger partial charge in [0.1, 0.15) is 5.22 Å². The van der Waals surface area contributed by atoms with Gasteiger partial charge in [-0.1, -0.05) is 13.0 Å². The molecule has 0 unspecified atom stereocenters. The number of hydrogen-bond acceptors (Lipinski definition) is 3. The standard InChI is InChI=1S/C13H26O3Si2/c1-11(2)12(14)15-13(9-7-6-8-10-13)17-16-18(3,4)5/h1,6-10,17H2,2-5H3. The molecule has 1 aliphatic rings. The molecule has 1 aliphatic carbocycles. The van der Waals surface area contributed by atoms with E-state index in [0.29, 0.717) is 5.57 Å². The third-order valence-electron chi connectivity index (χ3n) is 3.19. The summed E-state index contributed by atoms with van der Waals surface area (Å²) < 4.78 is 11.9. The molecule has 0 heterocycles. The van der Waals surface area contributed by atoms with Crippen molar-refractivity contribution in [2.75, 3.05) is 0 Å². The van der Waals surface area contributed by atoms with Crippen molar-refractivity contribution in [2.24, 2.45) is 0 Å². The van der Waals surface area contributed by atoms with Crippen LogP contribution in [0.4, 0.5) is 0 Å². The lowest BCUT2D eigenvalue weighted by Crippen LogP contribution is -2.47. The van der Waals surface area contributed by atoms with Gasteiger partial charge in [0.25, 0.3) is 0 Å². The van der Waals surface area contributed by atoms with Gasteiger partial charge in [-0.25, -0.2) is 4.79 Å². The topological polar surface area (TPSA) is 35.5 Å². The first-order chi connectivity index (χ1) is 8.24. The van der Waals surface area contributed by atoms with Crippen molar-refractivity contribution in [2.45, 2.75) is 63.9 Å². The van der Waals surface area contributed by atoms with Crippen molar-refractivity contribution >= 4 is 24.0 Å². The summed E-state index contributed by atoms with van der Waals surface area (Å²) in [6, 6.07) is 0. The van der Waals surface area contributed by atoms with Crippen molar-refractivity contribution in [3.05, 3.63) is 12.2 Å². The van der Waals surface area contributed by atoms with E-state index in [1.165, 1.54) is 6.42 Å². The maximum atomic E-state index is 11.8. The molecule has 3 nitrogen and oxygen atoms in total. The Morgan fingerprint density at radius 3 is 2.22 bits per heavy atom. The van der Waals surface area contributed by atoms with Crippen LogP contribution < -0.4 is 0 Å². The van der Waals surface area contributed by atoms with Gasteiger partial charge < -0.3 is 8.85 Å². The van der Waals surface area contributed by atoms with E-state index < -0.39 is 18.1 Å². The van der Waals surface area contributed by atoms with Crippen molar-refractivity contribution in [3.63, 3.8) is 0 Å². The van der Waals surface area contributed by atoms with Gasteiger partial charge in [0.2, 0.25) is 0 Å². The molecule has 104 valence electrons. The first-order valence-electron chi connectivity index (χ1n) is 6.77. The molecular formula is C13H26O3Si2. The molecule has 1 saturated carbocycles. The molecule has 0 aromatic carbocycles. The van der Waals surface area contributed by atoms with E-state index in [9.17, 15) is 4.79 Å². The highest BCUT2D eigenvalue weighted by Crippen LogP contribution is 2.32.